The molecule has 2 aromatic rings. The van der Waals surface area contributed by atoms with E-state index in [2.05, 4.69) is 5.32 Å². The highest BCUT2D eigenvalue weighted by atomic mass is 32.2. The molecule has 2 aromatic carbocycles. The number of carbonyl (C=O) groups is 2. The first-order valence-electron chi connectivity index (χ1n) is 9.71. The van der Waals surface area contributed by atoms with Gasteiger partial charge in [0.05, 0.1) is 16.1 Å². The molecule has 166 valence electrons. The summed E-state index contributed by atoms with van der Waals surface area (Å²) in [6.45, 7) is 1.73. The van der Waals surface area contributed by atoms with E-state index in [0.717, 1.165) is 37.5 Å². The van der Waals surface area contributed by atoms with Gasteiger partial charge in [-0.25, -0.2) is 22.0 Å². The van der Waals surface area contributed by atoms with Crippen LogP contribution in [0.4, 0.5) is 14.5 Å². The van der Waals surface area contributed by atoms with Crippen molar-refractivity contribution < 1.29 is 31.5 Å². The maximum absolute atomic E-state index is 13.6. The summed E-state index contributed by atoms with van der Waals surface area (Å²) < 4.78 is 59.0. The minimum Gasteiger partial charge on any atom is -0.452 e. The van der Waals surface area contributed by atoms with E-state index in [4.69, 9.17) is 4.74 Å². The summed E-state index contributed by atoms with van der Waals surface area (Å²) in [5.41, 5.74) is 0.0682. The Kier molecular flexibility index (Phi) is 7.01. The SMILES string of the molecule is Cc1ccc(C(=O)OCC(=O)Nc2cc(F)ccc2F)cc1S(=O)(=O)N1CCCCC1. The second kappa shape index (κ2) is 9.52. The van der Waals surface area contributed by atoms with Crippen LogP contribution in [0.1, 0.15) is 35.2 Å². The Morgan fingerprint density at radius 3 is 2.48 bits per heavy atom. The summed E-state index contributed by atoms with van der Waals surface area (Å²) in [5.74, 6) is -3.36. The molecule has 31 heavy (non-hydrogen) atoms. The third-order valence-corrected chi connectivity index (χ3v) is 6.93. The van der Waals surface area contributed by atoms with Crippen molar-refractivity contribution in [3.63, 3.8) is 0 Å². The number of anilines is 1. The molecule has 1 N–H and O–H groups in total. The Morgan fingerprint density at radius 2 is 1.77 bits per heavy atom. The van der Waals surface area contributed by atoms with Crippen LogP contribution in [-0.4, -0.2) is 44.3 Å². The van der Waals surface area contributed by atoms with Crippen LogP contribution in [0.25, 0.3) is 0 Å². The van der Waals surface area contributed by atoms with Crippen molar-refractivity contribution in [2.45, 2.75) is 31.1 Å². The second-order valence-electron chi connectivity index (χ2n) is 7.19. The molecule has 0 unspecified atom stereocenters. The minimum absolute atomic E-state index is 0.00938. The molecule has 1 aliphatic heterocycles. The highest BCUT2D eigenvalue weighted by molar-refractivity contribution is 7.89. The predicted molar refractivity (Wildman–Crippen MR) is 109 cm³/mol. The zero-order chi connectivity index (χ0) is 22.6. The zero-order valence-electron chi connectivity index (χ0n) is 16.9. The van der Waals surface area contributed by atoms with E-state index < -0.39 is 40.1 Å². The number of nitrogens with zero attached hydrogens (tertiary/aromatic N) is 1. The summed E-state index contributed by atoms with van der Waals surface area (Å²) in [7, 11) is -3.76. The number of esters is 1. The monoisotopic (exact) mass is 452 g/mol. The molecule has 0 aliphatic carbocycles. The molecule has 0 aromatic heterocycles. The lowest BCUT2D eigenvalue weighted by Crippen LogP contribution is -2.36. The number of hydrogen-bond acceptors (Lipinski definition) is 5. The van der Waals surface area contributed by atoms with Gasteiger partial charge in [-0.1, -0.05) is 12.5 Å². The number of amides is 1. The van der Waals surface area contributed by atoms with Crippen LogP contribution in [0.15, 0.2) is 41.3 Å². The first-order valence-corrected chi connectivity index (χ1v) is 11.2. The second-order valence-corrected chi connectivity index (χ2v) is 9.10. The van der Waals surface area contributed by atoms with Crippen molar-refractivity contribution in [3.8, 4) is 0 Å². The van der Waals surface area contributed by atoms with Gasteiger partial charge in [-0.3, -0.25) is 4.79 Å². The third-order valence-electron chi connectivity index (χ3n) is 4.89. The fourth-order valence-corrected chi connectivity index (χ4v) is 5.01. The van der Waals surface area contributed by atoms with Crippen LogP contribution >= 0.6 is 0 Å². The van der Waals surface area contributed by atoms with E-state index >= 15 is 0 Å². The summed E-state index contributed by atoms with van der Waals surface area (Å²) in [6, 6.07) is 6.68. The molecule has 1 amide bonds. The first-order chi connectivity index (χ1) is 14.7. The van der Waals surface area contributed by atoms with Gasteiger partial charge in [0, 0.05) is 19.2 Å². The number of hydrogen-bond donors (Lipinski definition) is 1. The summed E-state index contributed by atoms with van der Waals surface area (Å²) in [5, 5.41) is 2.11. The molecule has 0 radical (unpaired) electrons. The van der Waals surface area contributed by atoms with Crippen LogP contribution in [0.2, 0.25) is 0 Å². The molecule has 1 aliphatic rings. The van der Waals surface area contributed by atoms with Crippen molar-refractivity contribution in [1.82, 2.24) is 4.31 Å². The summed E-state index contributed by atoms with van der Waals surface area (Å²) in [4.78, 5) is 24.3. The number of sulfonamides is 1. The number of nitrogens with one attached hydrogen (secondary N) is 1. The third kappa shape index (κ3) is 5.45. The van der Waals surface area contributed by atoms with Gasteiger partial charge in [0.15, 0.2) is 6.61 Å². The van der Waals surface area contributed by atoms with Crippen LogP contribution < -0.4 is 5.32 Å². The highest BCUT2D eigenvalue weighted by Crippen LogP contribution is 2.24. The van der Waals surface area contributed by atoms with Gasteiger partial charge in [0.25, 0.3) is 5.91 Å². The lowest BCUT2D eigenvalue weighted by Gasteiger charge is -2.26. The lowest BCUT2D eigenvalue weighted by molar-refractivity contribution is -0.119. The molecule has 0 saturated carbocycles. The van der Waals surface area contributed by atoms with Crippen molar-refractivity contribution in [1.29, 1.82) is 0 Å². The zero-order valence-corrected chi connectivity index (χ0v) is 17.7. The Balaban J connectivity index is 1.68. The Bertz CT molecular complexity index is 1100. The summed E-state index contributed by atoms with van der Waals surface area (Å²) >= 11 is 0. The van der Waals surface area contributed by atoms with E-state index in [1.54, 1.807) is 6.92 Å². The van der Waals surface area contributed by atoms with Crippen LogP contribution in [0.5, 0.6) is 0 Å². The maximum atomic E-state index is 13.6. The smallest absolute Gasteiger partial charge is 0.338 e. The molecule has 1 fully saturated rings. The fraction of sp³-hybridized carbons (Fsp3) is 0.333. The summed E-state index contributed by atoms with van der Waals surface area (Å²) in [6.07, 6.45) is 2.53. The van der Waals surface area contributed by atoms with Gasteiger partial charge in [0.1, 0.15) is 11.6 Å². The molecule has 1 heterocycles. The van der Waals surface area contributed by atoms with E-state index in [1.165, 1.54) is 22.5 Å². The average Bonchev–Trinajstić information content (AvgIpc) is 2.75. The lowest BCUT2D eigenvalue weighted by atomic mass is 10.1. The van der Waals surface area contributed by atoms with E-state index in [9.17, 15) is 26.8 Å². The van der Waals surface area contributed by atoms with E-state index in [1.807, 2.05) is 0 Å². The van der Waals surface area contributed by atoms with Gasteiger partial charge < -0.3 is 10.1 Å². The van der Waals surface area contributed by atoms with Crippen LogP contribution in [0.3, 0.4) is 0 Å². The molecule has 1 saturated heterocycles. The van der Waals surface area contributed by atoms with Gasteiger partial charge in [0.2, 0.25) is 10.0 Å². The number of carbonyl (C=O) groups excluding carboxylic acids is 2. The number of aryl methyl sites for hydroxylation is 1. The van der Waals surface area contributed by atoms with Crippen LogP contribution in [0, 0.1) is 18.6 Å². The van der Waals surface area contributed by atoms with Gasteiger partial charge in [-0.2, -0.15) is 4.31 Å². The van der Waals surface area contributed by atoms with Crippen LogP contribution in [-0.2, 0) is 19.6 Å². The number of halogens is 2. The molecule has 0 bridgehead atoms. The minimum atomic E-state index is -3.76. The molecular weight excluding hydrogens is 430 g/mol. The molecule has 0 atom stereocenters. The van der Waals surface area contributed by atoms with Crippen molar-refractivity contribution in [2.24, 2.45) is 0 Å². The average molecular weight is 452 g/mol. The number of piperidine rings is 1. The maximum Gasteiger partial charge on any atom is 0.338 e. The van der Waals surface area contributed by atoms with Crippen molar-refractivity contribution in [2.75, 3.05) is 25.0 Å². The largest absolute Gasteiger partial charge is 0.452 e. The quantitative estimate of drug-likeness (QED) is 0.680. The number of rotatable bonds is 6. The predicted octanol–water partition coefficient (Wildman–Crippen LogP) is 3.24. The normalized spacial score (nSPS) is 14.8. The fourth-order valence-electron chi connectivity index (χ4n) is 3.24. The molecule has 3 rings (SSSR count). The van der Waals surface area contributed by atoms with Gasteiger partial charge in [-0.05, 0) is 49.6 Å². The van der Waals surface area contributed by atoms with Gasteiger partial charge >= 0.3 is 5.97 Å². The van der Waals surface area contributed by atoms with E-state index in [0.29, 0.717) is 18.7 Å². The first kappa shape index (κ1) is 22.8. The Labute approximate surface area is 179 Å². The molecule has 0 spiro atoms. The molecular formula is C21H22F2N2O5S. The highest BCUT2D eigenvalue weighted by Gasteiger charge is 2.28. The molecule has 7 nitrogen and oxygen atoms in total. The van der Waals surface area contributed by atoms with Gasteiger partial charge in [-0.15, -0.1) is 0 Å². The van der Waals surface area contributed by atoms with Crippen molar-refractivity contribution in [3.05, 3.63) is 59.2 Å². The standard InChI is InChI=1S/C21H22F2N2O5S/c1-14-5-6-15(11-19(14)31(28,29)25-9-3-2-4-10-25)21(27)30-13-20(26)24-18-12-16(22)7-8-17(18)23/h5-8,11-12H,2-4,9-10,13H2,1H3,(H,24,26). The topological polar surface area (TPSA) is 92.8 Å². The van der Waals surface area contributed by atoms with Crippen molar-refractivity contribution >= 4 is 27.6 Å². The number of ether oxygens (including phenoxy) is 1. The Hall–Kier alpha value is -2.85. The van der Waals surface area contributed by atoms with E-state index in [-0.39, 0.29) is 16.1 Å². The number of benzene rings is 2. The Morgan fingerprint density at radius 1 is 1.06 bits per heavy atom. The molecule has 10 heteroatoms.